The van der Waals surface area contributed by atoms with Gasteiger partial charge in [0, 0.05) is 19.4 Å². The summed E-state index contributed by atoms with van der Waals surface area (Å²) in [4.78, 5) is 41.4. The predicted molar refractivity (Wildman–Crippen MR) is 132 cm³/mol. The third-order valence-electron chi connectivity index (χ3n) is 5.13. The Morgan fingerprint density at radius 3 is 2.50 bits per heavy atom. The molecule has 3 aromatic rings. The summed E-state index contributed by atoms with van der Waals surface area (Å²) in [6.45, 7) is 3.53. The van der Waals surface area contributed by atoms with Crippen LogP contribution in [0, 0.1) is 0 Å². The van der Waals surface area contributed by atoms with Crippen molar-refractivity contribution in [3.05, 3.63) is 77.6 Å². The van der Waals surface area contributed by atoms with Crippen LogP contribution < -0.4 is 10.6 Å². The summed E-state index contributed by atoms with van der Waals surface area (Å²) in [6.07, 6.45) is 4.40. The first-order chi connectivity index (χ1) is 16.4. The number of ether oxygens (including phenoxy) is 1. The normalized spacial score (nSPS) is 11.5. The molecule has 0 aliphatic carbocycles. The molecule has 178 valence electrons. The third kappa shape index (κ3) is 6.95. The van der Waals surface area contributed by atoms with Gasteiger partial charge in [-0.15, -0.1) is 0 Å². The monoisotopic (exact) mass is 480 g/mol. The zero-order chi connectivity index (χ0) is 24.5. The minimum Gasteiger partial charge on any atom is -0.452 e. The molecule has 8 nitrogen and oxygen atoms in total. The Hall–Kier alpha value is -3.59. The molecule has 0 saturated carbocycles. The van der Waals surface area contributed by atoms with E-state index in [1.165, 1.54) is 17.3 Å². The number of hydrogen-bond donors (Lipinski definition) is 2. The Morgan fingerprint density at radius 2 is 1.82 bits per heavy atom. The fourth-order valence-corrected chi connectivity index (χ4v) is 3.93. The van der Waals surface area contributed by atoms with Crippen molar-refractivity contribution >= 4 is 35.2 Å². The van der Waals surface area contributed by atoms with Gasteiger partial charge < -0.3 is 19.9 Å². The molecule has 3 rings (SSSR count). The highest BCUT2D eigenvalue weighted by molar-refractivity contribution is 7.99. The molecule has 2 aromatic carbocycles. The van der Waals surface area contributed by atoms with Gasteiger partial charge in [0.2, 0.25) is 5.91 Å². The van der Waals surface area contributed by atoms with Gasteiger partial charge in [-0.3, -0.25) is 9.59 Å². The van der Waals surface area contributed by atoms with Crippen molar-refractivity contribution in [2.24, 2.45) is 7.05 Å². The molecule has 9 heteroatoms. The van der Waals surface area contributed by atoms with Crippen LogP contribution in [-0.2, 0) is 27.8 Å². The van der Waals surface area contributed by atoms with Crippen molar-refractivity contribution in [3.63, 3.8) is 0 Å². The van der Waals surface area contributed by atoms with E-state index < -0.39 is 18.5 Å². The quantitative estimate of drug-likeness (QED) is 0.339. The maximum Gasteiger partial charge on any atom is 0.340 e. The van der Waals surface area contributed by atoms with Crippen LogP contribution in [0.4, 0.5) is 5.69 Å². The van der Waals surface area contributed by atoms with E-state index in [4.69, 9.17) is 4.74 Å². The lowest BCUT2D eigenvalue weighted by Crippen LogP contribution is -2.31. The van der Waals surface area contributed by atoms with Gasteiger partial charge in [0.15, 0.2) is 11.8 Å². The van der Waals surface area contributed by atoms with Gasteiger partial charge in [0.1, 0.15) is 0 Å². The number of para-hydroxylation sites is 1. The SMILES string of the molecule is CCc1ccc(C(C)NC(=O)COC(=O)c2ccccc2NC(=O)CSc2nccn2C)cc1. The summed E-state index contributed by atoms with van der Waals surface area (Å²) in [6, 6.07) is 14.3. The molecule has 0 fully saturated rings. The van der Waals surface area contributed by atoms with Crippen molar-refractivity contribution in [2.45, 2.75) is 31.5 Å². The standard InChI is InChI=1S/C25H28N4O4S/c1-4-18-9-11-19(12-10-18)17(2)27-22(30)15-33-24(32)20-7-5-6-8-21(20)28-23(31)16-34-25-26-13-14-29(25)3/h5-14,17H,4,15-16H2,1-3H3,(H,27,30)(H,28,31). The number of imidazole rings is 1. The van der Waals surface area contributed by atoms with Crippen LogP contribution in [0.15, 0.2) is 66.1 Å². The van der Waals surface area contributed by atoms with E-state index in [-0.39, 0.29) is 23.3 Å². The molecular weight excluding hydrogens is 452 g/mol. The third-order valence-corrected chi connectivity index (χ3v) is 6.19. The lowest BCUT2D eigenvalue weighted by Gasteiger charge is -2.15. The molecule has 2 N–H and O–H groups in total. The van der Waals surface area contributed by atoms with Crippen LogP contribution in [0.1, 0.15) is 41.4 Å². The number of nitrogens with zero attached hydrogens (tertiary/aromatic N) is 2. The molecule has 0 saturated heterocycles. The number of carbonyl (C=O) groups is 3. The van der Waals surface area contributed by atoms with Crippen molar-refractivity contribution in [3.8, 4) is 0 Å². The number of anilines is 1. The Balaban J connectivity index is 1.51. The topological polar surface area (TPSA) is 102 Å². The van der Waals surface area contributed by atoms with E-state index in [9.17, 15) is 14.4 Å². The Morgan fingerprint density at radius 1 is 1.09 bits per heavy atom. The number of hydrogen-bond acceptors (Lipinski definition) is 6. The van der Waals surface area contributed by atoms with E-state index in [2.05, 4.69) is 22.5 Å². The van der Waals surface area contributed by atoms with E-state index in [0.717, 1.165) is 12.0 Å². The largest absolute Gasteiger partial charge is 0.452 e. The molecule has 0 spiro atoms. The lowest BCUT2D eigenvalue weighted by molar-refractivity contribution is -0.124. The van der Waals surface area contributed by atoms with Crippen molar-refractivity contribution < 1.29 is 19.1 Å². The van der Waals surface area contributed by atoms with E-state index in [0.29, 0.717) is 10.8 Å². The second-order valence-electron chi connectivity index (χ2n) is 7.66. The molecular formula is C25H28N4O4S. The van der Waals surface area contributed by atoms with Gasteiger partial charge in [-0.05, 0) is 36.6 Å². The molecule has 0 aliphatic rings. The van der Waals surface area contributed by atoms with Crippen LogP contribution in [0.25, 0.3) is 0 Å². The number of benzene rings is 2. The summed E-state index contributed by atoms with van der Waals surface area (Å²) < 4.78 is 7.01. The fourth-order valence-electron chi connectivity index (χ4n) is 3.19. The highest BCUT2D eigenvalue weighted by atomic mass is 32.2. The fraction of sp³-hybridized carbons (Fsp3) is 0.280. The highest BCUT2D eigenvalue weighted by Crippen LogP contribution is 2.19. The second-order valence-corrected chi connectivity index (χ2v) is 8.61. The molecule has 1 aromatic heterocycles. The first-order valence-electron chi connectivity index (χ1n) is 10.9. The van der Waals surface area contributed by atoms with E-state index in [1.807, 2.05) is 42.8 Å². The molecule has 34 heavy (non-hydrogen) atoms. The minimum atomic E-state index is -0.692. The van der Waals surface area contributed by atoms with Gasteiger partial charge in [-0.25, -0.2) is 9.78 Å². The van der Waals surface area contributed by atoms with Gasteiger partial charge in [0.25, 0.3) is 5.91 Å². The molecule has 1 unspecified atom stereocenters. The highest BCUT2D eigenvalue weighted by Gasteiger charge is 2.17. The molecule has 0 aliphatic heterocycles. The van der Waals surface area contributed by atoms with Crippen LogP contribution in [0.3, 0.4) is 0 Å². The minimum absolute atomic E-state index is 0.133. The second kappa shape index (κ2) is 12.0. The van der Waals surface area contributed by atoms with Crippen molar-refractivity contribution in [2.75, 3.05) is 17.7 Å². The Kier molecular flexibility index (Phi) is 8.86. The summed E-state index contributed by atoms with van der Waals surface area (Å²) in [5.41, 5.74) is 2.68. The number of thioether (sulfide) groups is 1. The van der Waals surface area contributed by atoms with E-state index >= 15 is 0 Å². The van der Waals surface area contributed by atoms with Crippen LogP contribution >= 0.6 is 11.8 Å². The van der Waals surface area contributed by atoms with Gasteiger partial charge in [0.05, 0.1) is 23.0 Å². The number of aryl methyl sites for hydroxylation is 2. The average molecular weight is 481 g/mol. The lowest BCUT2D eigenvalue weighted by atomic mass is 10.1. The number of esters is 1. The summed E-state index contributed by atoms with van der Waals surface area (Å²) >= 11 is 1.29. The van der Waals surface area contributed by atoms with Crippen molar-refractivity contribution in [1.82, 2.24) is 14.9 Å². The number of nitrogens with one attached hydrogen (secondary N) is 2. The zero-order valence-corrected chi connectivity index (χ0v) is 20.2. The van der Waals surface area contributed by atoms with Gasteiger partial charge in [-0.1, -0.05) is 55.1 Å². The van der Waals surface area contributed by atoms with Crippen LogP contribution in [0.5, 0.6) is 0 Å². The average Bonchev–Trinajstić information content (AvgIpc) is 3.26. The first-order valence-corrected chi connectivity index (χ1v) is 11.9. The number of aromatic nitrogens is 2. The summed E-state index contributed by atoms with van der Waals surface area (Å²) in [5, 5.41) is 6.26. The predicted octanol–water partition coefficient (Wildman–Crippen LogP) is 3.75. The van der Waals surface area contributed by atoms with Gasteiger partial charge in [-0.2, -0.15) is 0 Å². The Labute approximate surface area is 203 Å². The van der Waals surface area contributed by atoms with Crippen molar-refractivity contribution in [1.29, 1.82) is 0 Å². The molecule has 0 radical (unpaired) electrons. The maximum absolute atomic E-state index is 12.6. The molecule has 2 amide bonds. The number of rotatable bonds is 10. The van der Waals surface area contributed by atoms with Gasteiger partial charge >= 0.3 is 5.97 Å². The number of amides is 2. The smallest absolute Gasteiger partial charge is 0.340 e. The molecule has 1 heterocycles. The molecule has 0 bridgehead atoms. The first kappa shape index (κ1) is 25.0. The van der Waals surface area contributed by atoms with E-state index in [1.54, 1.807) is 36.7 Å². The summed E-state index contributed by atoms with van der Waals surface area (Å²) in [5.74, 6) is -1.25. The molecule has 1 atom stereocenters. The number of carbonyl (C=O) groups excluding carboxylic acids is 3. The van der Waals surface area contributed by atoms with Crippen LogP contribution in [0.2, 0.25) is 0 Å². The summed E-state index contributed by atoms with van der Waals surface area (Å²) in [7, 11) is 1.84. The Bertz CT molecular complexity index is 1140. The maximum atomic E-state index is 12.6. The van der Waals surface area contributed by atoms with Crippen LogP contribution in [-0.4, -0.2) is 39.7 Å². The zero-order valence-electron chi connectivity index (χ0n) is 19.4.